The second-order valence-corrected chi connectivity index (χ2v) is 10.0. The highest BCUT2D eigenvalue weighted by atomic mass is 31.2. The van der Waals surface area contributed by atoms with Crippen LogP contribution in [0.15, 0.2) is 29.4 Å². The summed E-state index contributed by atoms with van der Waals surface area (Å²) < 4.78 is 27.9. The number of benzene rings is 1. The third-order valence-corrected chi connectivity index (χ3v) is 7.26. The van der Waals surface area contributed by atoms with Gasteiger partial charge in [0.05, 0.1) is 12.7 Å². The molecule has 2 rings (SSSR count). The number of ketones is 1. The van der Waals surface area contributed by atoms with Crippen LogP contribution in [0, 0.1) is 4.91 Å². The predicted molar refractivity (Wildman–Crippen MR) is 113 cm³/mol. The fraction of sp³-hybridized carbons (Fsp3) is 0.611. The Kier molecular flexibility index (Phi) is 8.69. The summed E-state index contributed by atoms with van der Waals surface area (Å²) in [6.45, 7) is 1.55. The van der Waals surface area contributed by atoms with Crippen molar-refractivity contribution in [1.29, 1.82) is 0 Å². The molecule has 1 heterocycles. The largest absolute Gasteiger partial charge is 0.380 e. The Morgan fingerprint density at radius 3 is 2.66 bits per heavy atom. The molecule has 0 amide bonds. The van der Waals surface area contributed by atoms with Crippen molar-refractivity contribution >= 4 is 27.0 Å². The molecule has 1 aromatic rings. The van der Waals surface area contributed by atoms with Crippen molar-refractivity contribution < 1.29 is 18.6 Å². The highest BCUT2D eigenvalue weighted by Crippen LogP contribution is 2.51. The SMILES string of the molecule is [B]C1CN(C)CC(COP(=O)(N(C)C)N(C)CCC(=O)c2ccccc2N=O)O1. The lowest BCUT2D eigenvalue weighted by molar-refractivity contribution is -0.0613. The van der Waals surface area contributed by atoms with E-state index in [1.807, 2.05) is 11.9 Å². The zero-order valence-corrected chi connectivity index (χ0v) is 18.2. The van der Waals surface area contributed by atoms with Crippen LogP contribution in [-0.4, -0.2) is 94.4 Å². The molecule has 9 nitrogen and oxygen atoms in total. The maximum Gasteiger partial charge on any atom is 0.345 e. The summed E-state index contributed by atoms with van der Waals surface area (Å²) in [5.41, 5.74) is 0.353. The number of carbonyl (C=O) groups excluding carboxylic acids is 1. The number of carbonyl (C=O) groups is 1. The smallest absolute Gasteiger partial charge is 0.345 e. The minimum absolute atomic E-state index is 0.0672. The maximum atomic E-state index is 13.4. The van der Waals surface area contributed by atoms with Gasteiger partial charge in [0.2, 0.25) is 0 Å². The van der Waals surface area contributed by atoms with E-state index in [4.69, 9.17) is 17.1 Å². The first-order valence-electron chi connectivity index (χ1n) is 9.36. The van der Waals surface area contributed by atoms with Crippen LogP contribution < -0.4 is 0 Å². The minimum atomic E-state index is -3.37. The molecule has 11 heteroatoms. The first kappa shape index (κ1) is 23.9. The Hall–Kier alpha value is -1.42. The van der Waals surface area contributed by atoms with Crippen LogP contribution in [0.5, 0.6) is 0 Å². The second kappa shape index (κ2) is 10.6. The van der Waals surface area contributed by atoms with E-state index in [1.165, 1.54) is 15.4 Å². The van der Waals surface area contributed by atoms with E-state index in [0.29, 0.717) is 13.1 Å². The van der Waals surface area contributed by atoms with Gasteiger partial charge in [-0.1, -0.05) is 12.1 Å². The molecule has 1 aliphatic heterocycles. The molecule has 0 aromatic heterocycles. The van der Waals surface area contributed by atoms with Crippen molar-refractivity contribution in [3.05, 3.63) is 34.7 Å². The average Bonchev–Trinajstić information content (AvgIpc) is 2.68. The first-order chi connectivity index (χ1) is 13.7. The lowest BCUT2D eigenvalue weighted by Crippen LogP contribution is -2.47. The molecule has 1 saturated heterocycles. The van der Waals surface area contributed by atoms with Crippen molar-refractivity contribution in [1.82, 2.24) is 14.2 Å². The Morgan fingerprint density at radius 1 is 1.34 bits per heavy atom. The van der Waals surface area contributed by atoms with Gasteiger partial charge in [-0.15, -0.1) is 4.91 Å². The highest BCUT2D eigenvalue weighted by Gasteiger charge is 2.34. The van der Waals surface area contributed by atoms with Crippen molar-refractivity contribution in [2.75, 3.05) is 54.4 Å². The van der Waals surface area contributed by atoms with Crippen LogP contribution in [0.4, 0.5) is 5.69 Å². The van der Waals surface area contributed by atoms with Gasteiger partial charge in [0.25, 0.3) is 0 Å². The summed E-state index contributed by atoms with van der Waals surface area (Å²) in [6, 6.07) is 5.95. The van der Waals surface area contributed by atoms with Crippen LogP contribution in [0.1, 0.15) is 16.8 Å². The van der Waals surface area contributed by atoms with Crippen molar-refractivity contribution in [2.45, 2.75) is 18.5 Å². The maximum absolute atomic E-state index is 13.4. The monoisotopic (exact) mass is 422 g/mol. The Morgan fingerprint density at radius 2 is 2.03 bits per heavy atom. The number of hydrogen-bond acceptors (Lipinski definition) is 7. The summed E-state index contributed by atoms with van der Waals surface area (Å²) in [6.07, 6.45) is -0.227. The predicted octanol–water partition coefficient (Wildman–Crippen LogP) is 2.10. The molecule has 1 aromatic carbocycles. The molecule has 3 atom stereocenters. The van der Waals surface area contributed by atoms with Crippen LogP contribution in [-0.2, 0) is 13.8 Å². The summed E-state index contributed by atoms with van der Waals surface area (Å²) in [5, 5.41) is 2.89. The highest BCUT2D eigenvalue weighted by molar-refractivity contribution is 7.53. The average molecular weight is 422 g/mol. The minimum Gasteiger partial charge on any atom is -0.380 e. The fourth-order valence-electron chi connectivity index (χ4n) is 3.17. The molecule has 158 valence electrons. The van der Waals surface area contributed by atoms with Gasteiger partial charge < -0.3 is 14.2 Å². The van der Waals surface area contributed by atoms with Gasteiger partial charge >= 0.3 is 7.67 Å². The van der Waals surface area contributed by atoms with Gasteiger partial charge in [-0.25, -0.2) is 9.34 Å². The molecular weight excluding hydrogens is 394 g/mol. The van der Waals surface area contributed by atoms with Crippen LogP contribution >= 0.6 is 7.67 Å². The van der Waals surface area contributed by atoms with Crippen LogP contribution in [0.25, 0.3) is 0 Å². The summed E-state index contributed by atoms with van der Waals surface area (Å²) in [5.74, 6) is -0.249. The van der Waals surface area contributed by atoms with Gasteiger partial charge in [0.15, 0.2) is 5.78 Å². The molecule has 0 saturated carbocycles. The van der Waals surface area contributed by atoms with Crippen LogP contribution in [0.2, 0.25) is 0 Å². The molecular formula is C18H28BN4O5P. The van der Waals surface area contributed by atoms with Gasteiger partial charge in [0.1, 0.15) is 13.5 Å². The molecule has 3 unspecified atom stereocenters. The Bertz CT molecular complexity index is 756. The zero-order chi connectivity index (χ0) is 21.6. The number of morpholine rings is 1. The Labute approximate surface area is 173 Å². The number of hydrogen-bond donors (Lipinski definition) is 0. The molecule has 1 fully saturated rings. The topological polar surface area (TPSA) is 91.8 Å². The first-order valence-corrected chi connectivity index (χ1v) is 10.9. The number of rotatable bonds is 10. The molecule has 0 aliphatic carbocycles. The van der Waals surface area contributed by atoms with Crippen molar-refractivity contribution in [3.8, 4) is 0 Å². The van der Waals surface area contributed by atoms with Gasteiger partial charge in [-0.05, 0) is 45.5 Å². The standard InChI is InChI=1S/C18H28BN4O5P/c1-21(2)29(26,27-13-14-11-22(3)12-18(19)28-14)23(4)10-9-17(24)15-7-5-6-8-16(15)20-25/h5-8,14,18H,9-13H2,1-4H3. The van der Waals surface area contributed by atoms with Gasteiger partial charge in [0, 0.05) is 37.6 Å². The quantitative estimate of drug-likeness (QED) is 0.245. The van der Waals surface area contributed by atoms with E-state index in [2.05, 4.69) is 5.18 Å². The van der Waals surface area contributed by atoms with Crippen molar-refractivity contribution in [3.63, 3.8) is 0 Å². The summed E-state index contributed by atoms with van der Waals surface area (Å²) in [7, 11) is 9.38. The third-order valence-electron chi connectivity index (χ3n) is 4.70. The van der Waals surface area contributed by atoms with Gasteiger partial charge in [-0.2, -0.15) is 0 Å². The lowest BCUT2D eigenvalue weighted by atomic mass is 9.98. The number of nitrogens with zero attached hydrogens (tertiary/aromatic N) is 4. The Balaban J connectivity index is 1.98. The number of nitroso groups, excluding NO2 is 1. The normalized spacial score (nSPS) is 22.6. The number of Topliss-reactive ketones (excluding diaryl/α,β-unsaturated/α-hetero) is 1. The molecule has 1 aliphatic rings. The summed E-state index contributed by atoms with van der Waals surface area (Å²) >= 11 is 0. The molecule has 0 spiro atoms. The zero-order valence-electron chi connectivity index (χ0n) is 17.4. The van der Waals surface area contributed by atoms with Crippen molar-refractivity contribution in [2.24, 2.45) is 5.18 Å². The number of likely N-dealkylation sites (N-methyl/N-ethyl adjacent to an activating group) is 1. The lowest BCUT2D eigenvalue weighted by Gasteiger charge is -2.37. The second-order valence-electron chi connectivity index (χ2n) is 7.31. The van der Waals surface area contributed by atoms with E-state index in [0.717, 1.165) is 0 Å². The van der Waals surface area contributed by atoms with E-state index in [9.17, 15) is 14.3 Å². The van der Waals surface area contributed by atoms with E-state index >= 15 is 0 Å². The molecule has 0 N–H and O–H groups in total. The van der Waals surface area contributed by atoms with E-state index in [1.54, 1.807) is 39.3 Å². The van der Waals surface area contributed by atoms with E-state index < -0.39 is 13.7 Å². The number of ether oxygens (including phenoxy) is 1. The molecule has 2 radical (unpaired) electrons. The fourth-order valence-corrected chi connectivity index (χ4v) is 4.92. The van der Waals surface area contributed by atoms with E-state index in [-0.39, 0.29) is 42.7 Å². The molecule has 0 bridgehead atoms. The third kappa shape index (κ3) is 6.28. The summed E-state index contributed by atoms with van der Waals surface area (Å²) in [4.78, 5) is 25.4. The van der Waals surface area contributed by atoms with Crippen LogP contribution in [0.3, 0.4) is 0 Å². The molecule has 29 heavy (non-hydrogen) atoms. The van der Waals surface area contributed by atoms with Gasteiger partial charge in [-0.3, -0.25) is 9.36 Å².